The molecule has 1 saturated carbocycles. The molecule has 4 aliphatic rings. The minimum Gasteiger partial charge on any atom is -0.353 e. The predicted molar refractivity (Wildman–Crippen MR) is 145 cm³/mol. The number of pyridine rings is 1. The van der Waals surface area contributed by atoms with E-state index in [1.807, 2.05) is 35.2 Å². The molecule has 2 bridgehead atoms. The van der Waals surface area contributed by atoms with Crippen molar-refractivity contribution in [3.63, 3.8) is 0 Å². The molecule has 3 aliphatic heterocycles. The van der Waals surface area contributed by atoms with Gasteiger partial charge in [-0.1, -0.05) is 39.0 Å². The molecule has 4 atom stereocenters. The fraction of sp³-hybridized carbons (Fsp3) is 0.567. The third-order valence-electron chi connectivity index (χ3n) is 9.29. The number of piperazine rings is 1. The number of fused-ring (bicyclic) bond motifs is 3. The standard InChI is InChI=1S/C30H39N5O2/c1-30(2,3)20-10-8-19(9-11-20)29(37)35-17-24-23(25(24)18-35)14-31-28(36)26-6-5-7-27(32-26)34-15-21-12-13-22(16-34)33(21)4/h5-11,21-25H,12-18H2,1-4H3,(H,31,36). The fourth-order valence-electron chi connectivity index (χ4n) is 6.74. The fourth-order valence-corrected chi connectivity index (χ4v) is 6.74. The molecule has 1 aliphatic carbocycles. The van der Waals surface area contributed by atoms with Gasteiger partial charge in [0, 0.05) is 50.4 Å². The normalized spacial score (nSPS) is 28.8. The van der Waals surface area contributed by atoms with Crippen LogP contribution in [0.2, 0.25) is 0 Å². The zero-order chi connectivity index (χ0) is 25.9. The van der Waals surface area contributed by atoms with E-state index in [9.17, 15) is 9.59 Å². The summed E-state index contributed by atoms with van der Waals surface area (Å²) in [4.78, 5) is 37.5. The van der Waals surface area contributed by atoms with E-state index in [-0.39, 0.29) is 17.2 Å². The van der Waals surface area contributed by atoms with Crippen molar-refractivity contribution in [1.29, 1.82) is 0 Å². The second-order valence-electron chi connectivity index (χ2n) is 12.6. The van der Waals surface area contributed by atoms with Crippen LogP contribution in [-0.4, -0.2) is 78.5 Å². The summed E-state index contributed by atoms with van der Waals surface area (Å²) < 4.78 is 0. The van der Waals surface area contributed by atoms with Gasteiger partial charge < -0.3 is 15.1 Å². The first-order valence-corrected chi connectivity index (χ1v) is 13.8. The molecule has 1 aromatic heterocycles. The number of aromatic nitrogens is 1. The highest BCUT2D eigenvalue weighted by atomic mass is 16.2. The number of hydrogen-bond donors (Lipinski definition) is 1. The van der Waals surface area contributed by atoms with Gasteiger partial charge in [-0.25, -0.2) is 4.98 Å². The van der Waals surface area contributed by atoms with Crippen LogP contribution in [0.3, 0.4) is 0 Å². The monoisotopic (exact) mass is 501 g/mol. The SMILES string of the molecule is CN1C2CCC1CN(c1cccc(C(=O)NCC3C4CN(C(=O)c5ccc(C(C)(C)C)cc5)CC34)n1)C2. The lowest BCUT2D eigenvalue weighted by atomic mass is 9.86. The van der Waals surface area contributed by atoms with Crippen LogP contribution < -0.4 is 10.2 Å². The smallest absolute Gasteiger partial charge is 0.269 e. The molecule has 1 aromatic carbocycles. The first-order chi connectivity index (χ1) is 17.7. The van der Waals surface area contributed by atoms with Crippen LogP contribution in [0.15, 0.2) is 42.5 Å². The van der Waals surface area contributed by atoms with Crippen LogP contribution in [0.5, 0.6) is 0 Å². The van der Waals surface area contributed by atoms with E-state index in [2.05, 4.69) is 55.1 Å². The van der Waals surface area contributed by atoms with Gasteiger partial charge in [0.25, 0.3) is 11.8 Å². The van der Waals surface area contributed by atoms with Gasteiger partial charge in [0.1, 0.15) is 11.5 Å². The van der Waals surface area contributed by atoms with Crippen molar-refractivity contribution in [3.05, 3.63) is 59.3 Å². The van der Waals surface area contributed by atoms with Crippen molar-refractivity contribution in [2.75, 3.05) is 44.7 Å². The maximum atomic E-state index is 13.0. The van der Waals surface area contributed by atoms with Gasteiger partial charge in [-0.3, -0.25) is 14.5 Å². The number of nitrogens with zero attached hydrogens (tertiary/aromatic N) is 4. The van der Waals surface area contributed by atoms with Gasteiger partial charge >= 0.3 is 0 Å². The van der Waals surface area contributed by atoms with E-state index in [0.29, 0.717) is 42.1 Å². The third kappa shape index (κ3) is 4.63. The molecule has 2 amide bonds. The Kier molecular flexibility index (Phi) is 6.02. The first-order valence-electron chi connectivity index (χ1n) is 13.8. The Balaban J connectivity index is 0.996. The molecular formula is C30H39N5O2. The van der Waals surface area contributed by atoms with Gasteiger partial charge in [0.05, 0.1) is 0 Å². The van der Waals surface area contributed by atoms with E-state index >= 15 is 0 Å². The Hall–Kier alpha value is -2.93. The molecular weight excluding hydrogens is 462 g/mol. The number of piperidine rings is 1. The van der Waals surface area contributed by atoms with Crippen LogP contribution in [0.4, 0.5) is 5.82 Å². The minimum atomic E-state index is -0.101. The number of carbonyl (C=O) groups excluding carboxylic acids is 2. The Bertz CT molecular complexity index is 1160. The van der Waals surface area contributed by atoms with Gasteiger partial charge in [-0.15, -0.1) is 0 Å². The number of likely N-dealkylation sites (N-methyl/N-ethyl adjacent to an activating group) is 1. The summed E-state index contributed by atoms with van der Waals surface area (Å²) >= 11 is 0. The summed E-state index contributed by atoms with van der Waals surface area (Å²) in [6, 6.07) is 15.0. The number of nitrogens with one attached hydrogen (secondary N) is 1. The van der Waals surface area contributed by atoms with Crippen molar-refractivity contribution in [2.24, 2.45) is 17.8 Å². The summed E-state index contributed by atoms with van der Waals surface area (Å²) in [5.74, 6) is 2.35. The molecule has 4 unspecified atom stereocenters. The van der Waals surface area contributed by atoms with Crippen molar-refractivity contribution in [2.45, 2.75) is 51.1 Å². The molecule has 3 saturated heterocycles. The second kappa shape index (κ2) is 9.12. The maximum Gasteiger partial charge on any atom is 0.269 e. The van der Waals surface area contributed by atoms with E-state index in [1.54, 1.807) is 0 Å². The summed E-state index contributed by atoms with van der Waals surface area (Å²) in [5, 5.41) is 3.12. The number of rotatable bonds is 5. The zero-order valence-electron chi connectivity index (χ0n) is 22.5. The lowest BCUT2D eigenvalue weighted by Crippen LogP contribution is -2.52. The molecule has 7 heteroatoms. The molecule has 4 heterocycles. The molecule has 2 aromatic rings. The maximum absolute atomic E-state index is 13.0. The van der Waals surface area contributed by atoms with Crippen molar-refractivity contribution in [3.8, 4) is 0 Å². The minimum absolute atomic E-state index is 0.0790. The van der Waals surface area contributed by atoms with E-state index in [1.165, 1.54) is 18.4 Å². The quantitative estimate of drug-likeness (QED) is 0.680. The molecule has 7 nitrogen and oxygen atoms in total. The van der Waals surface area contributed by atoms with Gasteiger partial charge in [-0.2, -0.15) is 0 Å². The largest absolute Gasteiger partial charge is 0.353 e. The summed E-state index contributed by atoms with van der Waals surface area (Å²) in [6.45, 7) is 10.7. The Morgan fingerprint density at radius 3 is 2.22 bits per heavy atom. The number of carbonyl (C=O) groups is 2. The van der Waals surface area contributed by atoms with E-state index in [4.69, 9.17) is 4.98 Å². The first kappa shape index (κ1) is 24.4. The molecule has 196 valence electrons. The third-order valence-corrected chi connectivity index (χ3v) is 9.29. The average molecular weight is 502 g/mol. The Labute approximate surface area is 220 Å². The predicted octanol–water partition coefficient (Wildman–Crippen LogP) is 3.41. The molecule has 4 fully saturated rings. The number of anilines is 1. The summed E-state index contributed by atoms with van der Waals surface area (Å²) in [7, 11) is 2.23. The lowest BCUT2D eigenvalue weighted by Gasteiger charge is -2.39. The van der Waals surface area contributed by atoms with Gasteiger partial charge in [0.15, 0.2) is 0 Å². The number of hydrogen-bond acceptors (Lipinski definition) is 5. The topological polar surface area (TPSA) is 68.8 Å². The second-order valence-corrected chi connectivity index (χ2v) is 12.6. The molecule has 6 rings (SSSR count). The van der Waals surface area contributed by atoms with Crippen molar-refractivity contribution in [1.82, 2.24) is 20.1 Å². The van der Waals surface area contributed by atoms with Crippen LogP contribution in [0, 0.1) is 17.8 Å². The summed E-state index contributed by atoms with van der Waals surface area (Å²) in [5.41, 5.74) is 2.57. The van der Waals surface area contributed by atoms with Gasteiger partial charge in [0.2, 0.25) is 0 Å². The highest BCUT2D eigenvalue weighted by Gasteiger charge is 2.56. The van der Waals surface area contributed by atoms with Crippen molar-refractivity contribution >= 4 is 17.6 Å². The molecule has 0 spiro atoms. The highest BCUT2D eigenvalue weighted by molar-refractivity contribution is 5.94. The highest BCUT2D eigenvalue weighted by Crippen LogP contribution is 2.51. The molecule has 1 N–H and O–H groups in total. The summed E-state index contributed by atoms with van der Waals surface area (Å²) in [6.07, 6.45) is 2.49. The van der Waals surface area contributed by atoms with E-state index in [0.717, 1.165) is 37.6 Å². The van der Waals surface area contributed by atoms with Crippen molar-refractivity contribution < 1.29 is 9.59 Å². The number of likely N-dealkylation sites (tertiary alicyclic amines) is 1. The molecule has 0 radical (unpaired) electrons. The van der Waals surface area contributed by atoms with E-state index < -0.39 is 0 Å². The average Bonchev–Trinajstić information content (AvgIpc) is 3.27. The zero-order valence-corrected chi connectivity index (χ0v) is 22.5. The lowest BCUT2D eigenvalue weighted by molar-refractivity contribution is 0.0764. The van der Waals surface area contributed by atoms with Crippen LogP contribution in [0.25, 0.3) is 0 Å². The van der Waals surface area contributed by atoms with Crippen LogP contribution >= 0.6 is 0 Å². The number of benzene rings is 1. The Morgan fingerprint density at radius 2 is 1.59 bits per heavy atom. The van der Waals surface area contributed by atoms with Crippen LogP contribution in [0.1, 0.15) is 60.0 Å². The molecule has 37 heavy (non-hydrogen) atoms. The Morgan fingerprint density at radius 1 is 0.946 bits per heavy atom. The van der Waals surface area contributed by atoms with Crippen LogP contribution in [-0.2, 0) is 5.41 Å². The number of amides is 2. The van der Waals surface area contributed by atoms with Gasteiger partial charge in [-0.05, 0) is 72.9 Å².